The van der Waals surface area contributed by atoms with E-state index in [1.807, 2.05) is 21.0 Å². The van der Waals surface area contributed by atoms with Gasteiger partial charge in [-0.25, -0.2) is 4.98 Å². The van der Waals surface area contributed by atoms with Gasteiger partial charge in [0.05, 0.1) is 16.7 Å². The molecule has 1 aromatic carbocycles. The van der Waals surface area contributed by atoms with Crippen LogP contribution >= 0.6 is 11.3 Å². The molecule has 2 rings (SSSR count). The first-order chi connectivity index (χ1) is 8.56. The van der Waals surface area contributed by atoms with Crippen molar-refractivity contribution in [3.63, 3.8) is 0 Å². The second-order valence-electron chi connectivity index (χ2n) is 4.60. The van der Waals surface area contributed by atoms with E-state index < -0.39 is 0 Å². The molecule has 0 aliphatic carbocycles. The number of aromatic nitrogens is 1. The van der Waals surface area contributed by atoms with E-state index in [2.05, 4.69) is 51.8 Å². The van der Waals surface area contributed by atoms with Crippen LogP contribution in [0.4, 0.5) is 11.4 Å². The Kier molecular flexibility index (Phi) is 3.87. The first-order valence-corrected chi connectivity index (χ1v) is 6.90. The number of nitrogens with one attached hydrogen (secondary N) is 1. The third-order valence-corrected chi connectivity index (χ3v) is 3.64. The Morgan fingerprint density at radius 1 is 1.22 bits per heavy atom. The Hall–Kier alpha value is -1.55. The van der Waals surface area contributed by atoms with Gasteiger partial charge in [0.1, 0.15) is 0 Å². The van der Waals surface area contributed by atoms with Crippen molar-refractivity contribution < 1.29 is 0 Å². The van der Waals surface area contributed by atoms with Crippen molar-refractivity contribution in [2.45, 2.75) is 19.9 Å². The minimum Gasteiger partial charge on any atom is -0.378 e. The highest BCUT2D eigenvalue weighted by Gasteiger charge is 2.08. The van der Waals surface area contributed by atoms with Gasteiger partial charge in [0.25, 0.3) is 0 Å². The lowest BCUT2D eigenvalue weighted by Gasteiger charge is -2.16. The SMILES string of the molecule is Cc1nc(C(C)Nc2ccc(N(C)C)cc2)cs1. The fraction of sp³-hybridized carbons (Fsp3) is 0.357. The molecule has 1 aromatic heterocycles. The maximum Gasteiger partial charge on any atom is 0.0898 e. The number of thiazole rings is 1. The van der Waals surface area contributed by atoms with Crippen LogP contribution in [0.2, 0.25) is 0 Å². The van der Waals surface area contributed by atoms with Crippen molar-refractivity contribution in [2.24, 2.45) is 0 Å². The first kappa shape index (κ1) is 12.9. The van der Waals surface area contributed by atoms with Crippen LogP contribution in [0.25, 0.3) is 0 Å². The molecule has 1 unspecified atom stereocenters. The zero-order valence-corrected chi connectivity index (χ0v) is 12.1. The Bertz CT molecular complexity index is 502. The molecular formula is C14H19N3S. The molecule has 1 heterocycles. The second kappa shape index (κ2) is 5.40. The van der Waals surface area contributed by atoms with E-state index in [0.717, 1.165) is 16.4 Å². The Morgan fingerprint density at radius 2 is 1.89 bits per heavy atom. The zero-order valence-electron chi connectivity index (χ0n) is 11.3. The summed E-state index contributed by atoms with van der Waals surface area (Å²) in [5.41, 5.74) is 3.44. The van der Waals surface area contributed by atoms with Gasteiger partial charge >= 0.3 is 0 Å². The lowest BCUT2D eigenvalue weighted by atomic mass is 10.2. The van der Waals surface area contributed by atoms with E-state index in [1.54, 1.807) is 11.3 Å². The molecule has 0 fully saturated rings. The molecule has 0 saturated carbocycles. The molecule has 2 aromatic rings. The van der Waals surface area contributed by atoms with Gasteiger partial charge in [0.2, 0.25) is 0 Å². The highest BCUT2D eigenvalue weighted by atomic mass is 32.1. The number of nitrogens with zero attached hydrogens (tertiary/aromatic N) is 2. The van der Waals surface area contributed by atoms with Crippen molar-refractivity contribution in [3.05, 3.63) is 40.3 Å². The molecule has 0 spiro atoms. The van der Waals surface area contributed by atoms with E-state index >= 15 is 0 Å². The maximum absolute atomic E-state index is 4.50. The van der Waals surface area contributed by atoms with Crippen LogP contribution in [-0.4, -0.2) is 19.1 Å². The minimum absolute atomic E-state index is 0.236. The van der Waals surface area contributed by atoms with Crippen LogP contribution in [-0.2, 0) is 0 Å². The molecule has 3 nitrogen and oxygen atoms in total. The van der Waals surface area contributed by atoms with Gasteiger partial charge in [-0.2, -0.15) is 0 Å². The quantitative estimate of drug-likeness (QED) is 0.909. The average Bonchev–Trinajstić information content (AvgIpc) is 2.76. The fourth-order valence-electron chi connectivity index (χ4n) is 1.76. The Morgan fingerprint density at radius 3 is 2.39 bits per heavy atom. The van der Waals surface area contributed by atoms with Gasteiger partial charge in [-0.15, -0.1) is 11.3 Å². The van der Waals surface area contributed by atoms with Gasteiger partial charge in [-0.1, -0.05) is 0 Å². The molecule has 0 aliphatic rings. The summed E-state index contributed by atoms with van der Waals surface area (Å²) in [7, 11) is 4.09. The van der Waals surface area contributed by atoms with Gasteiger partial charge in [-0.3, -0.25) is 0 Å². The lowest BCUT2D eigenvalue weighted by molar-refractivity contribution is 0.845. The van der Waals surface area contributed by atoms with Crippen LogP contribution in [0, 0.1) is 6.92 Å². The number of rotatable bonds is 4. The molecule has 0 amide bonds. The third kappa shape index (κ3) is 3.01. The van der Waals surface area contributed by atoms with E-state index in [4.69, 9.17) is 0 Å². The highest BCUT2D eigenvalue weighted by molar-refractivity contribution is 7.09. The number of benzene rings is 1. The first-order valence-electron chi connectivity index (χ1n) is 6.02. The summed E-state index contributed by atoms with van der Waals surface area (Å²) in [6.07, 6.45) is 0. The molecule has 4 heteroatoms. The van der Waals surface area contributed by atoms with Gasteiger partial charge in [0.15, 0.2) is 0 Å². The van der Waals surface area contributed by atoms with Gasteiger partial charge < -0.3 is 10.2 Å². The topological polar surface area (TPSA) is 28.2 Å². The van der Waals surface area contributed by atoms with Crippen LogP contribution in [0.1, 0.15) is 23.7 Å². The Balaban J connectivity index is 2.05. The average molecular weight is 261 g/mol. The summed E-state index contributed by atoms with van der Waals surface area (Å²) in [5, 5.41) is 6.69. The van der Waals surface area contributed by atoms with Crippen molar-refractivity contribution in [1.82, 2.24) is 4.98 Å². The summed E-state index contributed by atoms with van der Waals surface area (Å²) < 4.78 is 0. The molecular weight excluding hydrogens is 242 g/mol. The number of hydrogen-bond donors (Lipinski definition) is 1. The van der Waals surface area contributed by atoms with E-state index in [-0.39, 0.29) is 6.04 Å². The summed E-state index contributed by atoms with van der Waals surface area (Å²) in [4.78, 5) is 6.59. The van der Waals surface area contributed by atoms with Crippen molar-refractivity contribution in [2.75, 3.05) is 24.3 Å². The zero-order chi connectivity index (χ0) is 13.1. The molecule has 0 aliphatic heterocycles. The predicted octanol–water partition coefficient (Wildman–Crippen LogP) is 3.69. The molecule has 18 heavy (non-hydrogen) atoms. The number of anilines is 2. The van der Waals surface area contributed by atoms with Crippen LogP contribution in [0.5, 0.6) is 0 Å². The molecule has 0 saturated heterocycles. The van der Waals surface area contributed by atoms with E-state index in [1.165, 1.54) is 5.69 Å². The van der Waals surface area contributed by atoms with Crippen LogP contribution < -0.4 is 10.2 Å². The Labute approximate surface area is 112 Å². The molecule has 0 bridgehead atoms. The normalized spacial score (nSPS) is 12.2. The monoisotopic (exact) mass is 261 g/mol. The smallest absolute Gasteiger partial charge is 0.0898 e. The largest absolute Gasteiger partial charge is 0.378 e. The number of aryl methyl sites for hydroxylation is 1. The molecule has 1 N–H and O–H groups in total. The minimum atomic E-state index is 0.236. The van der Waals surface area contributed by atoms with Crippen molar-refractivity contribution in [3.8, 4) is 0 Å². The van der Waals surface area contributed by atoms with Crippen LogP contribution in [0.15, 0.2) is 29.6 Å². The number of hydrogen-bond acceptors (Lipinski definition) is 4. The molecule has 96 valence electrons. The lowest BCUT2D eigenvalue weighted by Crippen LogP contribution is -2.09. The summed E-state index contributed by atoms with van der Waals surface area (Å²) in [6.45, 7) is 4.17. The predicted molar refractivity (Wildman–Crippen MR) is 79.7 cm³/mol. The highest BCUT2D eigenvalue weighted by Crippen LogP contribution is 2.22. The molecule has 0 radical (unpaired) electrons. The van der Waals surface area contributed by atoms with E-state index in [0.29, 0.717) is 0 Å². The summed E-state index contributed by atoms with van der Waals surface area (Å²) in [5.74, 6) is 0. The van der Waals surface area contributed by atoms with Crippen molar-refractivity contribution in [1.29, 1.82) is 0 Å². The van der Waals surface area contributed by atoms with Crippen LogP contribution in [0.3, 0.4) is 0 Å². The van der Waals surface area contributed by atoms with Gasteiger partial charge in [-0.05, 0) is 38.1 Å². The van der Waals surface area contributed by atoms with Gasteiger partial charge in [0, 0.05) is 30.9 Å². The maximum atomic E-state index is 4.50. The van der Waals surface area contributed by atoms with E-state index in [9.17, 15) is 0 Å². The summed E-state index contributed by atoms with van der Waals surface area (Å²) in [6, 6.07) is 8.67. The van der Waals surface area contributed by atoms with Crippen molar-refractivity contribution >= 4 is 22.7 Å². The second-order valence-corrected chi connectivity index (χ2v) is 5.66. The standard InChI is InChI=1S/C14H19N3S/c1-10(14-9-18-11(2)16-14)15-12-5-7-13(8-6-12)17(3)4/h5-10,15H,1-4H3. The fourth-order valence-corrected chi connectivity index (χ4v) is 2.47. The molecule has 1 atom stereocenters. The summed E-state index contributed by atoms with van der Waals surface area (Å²) >= 11 is 1.69. The third-order valence-electron chi connectivity index (χ3n) is 2.85.